The zero-order chi connectivity index (χ0) is 23.9. The molecule has 6 nitrogen and oxygen atoms in total. The molecule has 35 heavy (non-hydrogen) atoms. The summed E-state index contributed by atoms with van der Waals surface area (Å²) in [5.74, 6) is 1.82. The summed E-state index contributed by atoms with van der Waals surface area (Å²) in [7, 11) is 1.63. The van der Waals surface area contributed by atoms with E-state index in [1.807, 2.05) is 35.2 Å². The first-order chi connectivity index (χ1) is 17.1. The van der Waals surface area contributed by atoms with Crippen molar-refractivity contribution in [2.24, 2.45) is 11.8 Å². The lowest BCUT2D eigenvalue weighted by Crippen LogP contribution is -2.33. The van der Waals surface area contributed by atoms with Gasteiger partial charge in [-0.3, -0.25) is 9.69 Å². The fourth-order valence-electron chi connectivity index (χ4n) is 5.57. The molecule has 2 aliphatic rings. The molecule has 4 heterocycles. The van der Waals surface area contributed by atoms with Crippen molar-refractivity contribution in [3.63, 3.8) is 0 Å². The van der Waals surface area contributed by atoms with Gasteiger partial charge >= 0.3 is 0 Å². The molecule has 0 radical (unpaired) electrons. The van der Waals surface area contributed by atoms with Crippen LogP contribution in [0.2, 0.25) is 0 Å². The molecule has 2 aromatic carbocycles. The van der Waals surface area contributed by atoms with E-state index in [1.165, 1.54) is 5.69 Å². The number of benzene rings is 2. The van der Waals surface area contributed by atoms with Crippen LogP contribution in [-0.4, -0.2) is 58.4 Å². The maximum Gasteiger partial charge on any atom is 0.254 e. The SMILES string of the molecule is COc1cccc(C(=O)N2CC3CN(Cc4c(-c5ccc(Br)cc5)nc5ccccn45)CC3C2)c1. The molecule has 2 fully saturated rings. The summed E-state index contributed by atoms with van der Waals surface area (Å²) in [5, 5.41) is 0. The molecular formula is C28H27BrN4O2. The number of likely N-dealkylation sites (tertiary alicyclic amines) is 2. The summed E-state index contributed by atoms with van der Waals surface area (Å²) in [6, 6.07) is 22.0. The van der Waals surface area contributed by atoms with E-state index < -0.39 is 0 Å². The van der Waals surface area contributed by atoms with Crippen LogP contribution in [0.15, 0.2) is 77.4 Å². The Labute approximate surface area is 213 Å². The second-order valence-electron chi connectivity index (χ2n) is 9.50. The monoisotopic (exact) mass is 530 g/mol. The van der Waals surface area contributed by atoms with Gasteiger partial charge in [0.05, 0.1) is 18.5 Å². The van der Waals surface area contributed by atoms with Crippen LogP contribution in [0.3, 0.4) is 0 Å². The summed E-state index contributed by atoms with van der Waals surface area (Å²) in [6.07, 6.45) is 2.10. The molecule has 4 aromatic rings. The molecule has 6 rings (SSSR count). The maximum absolute atomic E-state index is 13.1. The maximum atomic E-state index is 13.1. The quantitative estimate of drug-likeness (QED) is 0.365. The molecule has 1 amide bonds. The minimum absolute atomic E-state index is 0.101. The number of imidazole rings is 1. The first-order valence-electron chi connectivity index (χ1n) is 12.0. The number of amides is 1. The Bertz CT molecular complexity index is 1370. The average molecular weight is 531 g/mol. The van der Waals surface area contributed by atoms with Crippen molar-refractivity contribution in [1.29, 1.82) is 0 Å². The van der Waals surface area contributed by atoms with Crippen molar-refractivity contribution in [3.8, 4) is 17.0 Å². The number of hydrogen-bond donors (Lipinski definition) is 0. The molecule has 178 valence electrons. The summed E-state index contributed by atoms with van der Waals surface area (Å²) < 4.78 is 8.57. The Balaban J connectivity index is 1.19. The van der Waals surface area contributed by atoms with Gasteiger partial charge in [0.15, 0.2) is 0 Å². The number of nitrogens with zero attached hydrogens (tertiary/aromatic N) is 4. The van der Waals surface area contributed by atoms with Crippen molar-refractivity contribution in [3.05, 3.63) is 88.7 Å². The molecular weight excluding hydrogens is 504 g/mol. The highest BCUT2D eigenvalue weighted by atomic mass is 79.9. The van der Waals surface area contributed by atoms with Gasteiger partial charge in [-0.25, -0.2) is 4.98 Å². The average Bonchev–Trinajstić information content (AvgIpc) is 3.56. The van der Waals surface area contributed by atoms with E-state index in [0.717, 1.165) is 59.9 Å². The molecule has 7 heteroatoms. The highest BCUT2D eigenvalue weighted by Crippen LogP contribution is 2.34. The molecule has 0 N–H and O–H groups in total. The molecule has 0 aliphatic carbocycles. The molecule has 0 bridgehead atoms. The van der Waals surface area contributed by atoms with E-state index in [1.54, 1.807) is 7.11 Å². The van der Waals surface area contributed by atoms with Crippen molar-refractivity contribution in [1.82, 2.24) is 19.2 Å². The number of carbonyl (C=O) groups is 1. The number of hydrogen-bond acceptors (Lipinski definition) is 4. The molecule has 2 unspecified atom stereocenters. The van der Waals surface area contributed by atoms with Crippen LogP contribution in [0.1, 0.15) is 16.1 Å². The van der Waals surface area contributed by atoms with E-state index in [2.05, 4.69) is 67.8 Å². The van der Waals surface area contributed by atoms with Gasteiger partial charge in [0, 0.05) is 54.5 Å². The second kappa shape index (κ2) is 9.13. The number of fused-ring (bicyclic) bond motifs is 2. The minimum Gasteiger partial charge on any atom is -0.497 e. The molecule has 0 spiro atoms. The van der Waals surface area contributed by atoms with Gasteiger partial charge in [-0.05, 0) is 54.3 Å². The van der Waals surface area contributed by atoms with Gasteiger partial charge in [0.25, 0.3) is 5.91 Å². The smallest absolute Gasteiger partial charge is 0.254 e. The topological polar surface area (TPSA) is 50.1 Å². The van der Waals surface area contributed by atoms with Crippen LogP contribution in [0, 0.1) is 11.8 Å². The van der Waals surface area contributed by atoms with Gasteiger partial charge in [-0.1, -0.05) is 40.2 Å². The molecule has 2 saturated heterocycles. The fourth-order valence-corrected chi connectivity index (χ4v) is 5.84. The van der Waals surface area contributed by atoms with E-state index in [4.69, 9.17) is 9.72 Å². The van der Waals surface area contributed by atoms with Crippen LogP contribution < -0.4 is 4.74 Å². The third kappa shape index (κ3) is 4.23. The lowest BCUT2D eigenvalue weighted by molar-refractivity contribution is 0.0773. The molecule has 2 aliphatic heterocycles. The summed E-state index contributed by atoms with van der Waals surface area (Å²) >= 11 is 3.54. The van der Waals surface area contributed by atoms with Crippen LogP contribution >= 0.6 is 15.9 Å². The summed E-state index contributed by atoms with van der Waals surface area (Å²) in [4.78, 5) is 22.6. The van der Waals surface area contributed by atoms with Crippen molar-refractivity contribution >= 4 is 27.5 Å². The number of carbonyl (C=O) groups excluding carboxylic acids is 1. The number of ether oxygens (including phenoxy) is 1. The molecule has 2 aromatic heterocycles. The zero-order valence-corrected chi connectivity index (χ0v) is 21.2. The van der Waals surface area contributed by atoms with Crippen LogP contribution in [-0.2, 0) is 6.54 Å². The van der Waals surface area contributed by atoms with Gasteiger partial charge in [0.1, 0.15) is 11.4 Å². The van der Waals surface area contributed by atoms with Crippen LogP contribution in [0.5, 0.6) is 5.75 Å². The number of pyridine rings is 1. The van der Waals surface area contributed by atoms with Crippen molar-refractivity contribution < 1.29 is 9.53 Å². The summed E-state index contributed by atoms with van der Waals surface area (Å²) in [5.41, 5.74) is 5.05. The van der Waals surface area contributed by atoms with Gasteiger partial charge in [-0.15, -0.1) is 0 Å². The van der Waals surface area contributed by atoms with Gasteiger partial charge in [-0.2, -0.15) is 0 Å². The Kier molecular flexibility index (Phi) is 5.82. The van der Waals surface area contributed by atoms with Gasteiger partial charge in [0.2, 0.25) is 0 Å². The van der Waals surface area contributed by atoms with Gasteiger partial charge < -0.3 is 14.0 Å². The number of halogens is 1. The number of rotatable bonds is 5. The largest absolute Gasteiger partial charge is 0.497 e. The minimum atomic E-state index is 0.101. The Hall–Kier alpha value is -3.16. The highest BCUT2D eigenvalue weighted by Gasteiger charge is 2.42. The third-order valence-corrected chi connectivity index (χ3v) is 7.81. The lowest BCUT2D eigenvalue weighted by atomic mass is 10.0. The number of methoxy groups -OCH3 is 1. The normalized spacial score (nSPS) is 19.9. The van der Waals surface area contributed by atoms with Crippen LogP contribution in [0.4, 0.5) is 0 Å². The van der Waals surface area contributed by atoms with Crippen LogP contribution in [0.25, 0.3) is 16.9 Å². The van der Waals surface area contributed by atoms with E-state index in [-0.39, 0.29) is 5.91 Å². The Morgan fingerprint density at radius 3 is 2.51 bits per heavy atom. The zero-order valence-electron chi connectivity index (χ0n) is 19.6. The highest BCUT2D eigenvalue weighted by molar-refractivity contribution is 9.10. The Morgan fingerprint density at radius 2 is 1.77 bits per heavy atom. The standard InChI is InChI=1S/C28H27BrN4O2/c1-35-24-6-4-5-20(13-24)28(34)32-16-21-14-31(15-22(21)17-32)18-25-27(19-8-10-23(29)11-9-19)30-26-7-2-3-12-33(25)26/h2-13,21-22H,14-18H2,1H3. The van der Waals surface area contributed by atoms with Crippen molar-refractivity contribution in [2.45, 2.75) is 6.54 Å². The van der Waals surface area contributed by atoms with E-state index in [0.29, 0.717) is 17.4 Å². The molecule has 2 atom stereocenters. The predicted octanol–water partition coefficient (Wildman–Crippen LogP) is 4.98. The third-order valence-electron chi connectivity index (χ3n) is 7.29. The summed E-state index contributed by atoms with van der Waals surface area (Å²) in [6.45, 7) is 4.44. The fraction of sp³-hybridized carbons (Fsp3) is 0.286. The Morgan fingerprint density at radius 1 is 1.00 bits per heavy atom. The number of aromatic nitrogens is 2. The van der Waals surface area contributed by atoms with Crippen molar-refractivity contribution in [2.75, 3.05) is 33.3 Å². The predicted molar refractivity (Wildman–Crippen MR) is 139 cm³/mol. The second-order valence-corrected chi connectivity index (χ2v) is 10.4. The molecule has 0 saturated carbocycles. The first kappa shape index (κ1) is 22.3. The van der Waals surface area contributed by atoms with E-state index >= 15 is 0 Å². The van der Waals surface area contributed by atoms with E-state index in [9.17, 15) is 4.79 Å². The first-order valence-corrected chi connectivity index (χ1v) is 12.8. The lowest BCUT2D eigenvalue weighted by Gasteiger charge is -2.22.